The van der Waals surface area contributed by atoms with Crippen molar-refractivity contribution in [1.82, 2.24) is 0 Å². The van der Waals surface area contributed by atoms with Crippen LogP contribution in [-0.2, 0) is 5.60 Å². The van der Waals surface area contributed by atoms with Crippen LogP contribution >= 0.6 is 11.3 Å². The Balaban J connectivity index is 1.82. The molecule has 4 rings (SSSR count). The summed E-state index contributed by atoms with van der Waals surface area (Å²) in [5, 5.41) is 11.6. The lowest BCUT2D eigenvalue weighted by molar-refractivity contribution is 0.109. The Morgan fingerprint density at radius 3 is 2.76 bits per heavy atom. The minimum Gasteiger partial charge on any atom is -0.384 e. The maximum atomic E-state index is 13.1. The zero-order valence-corrected chi connectivity index (χ0v) is 10.1. The van der Waals surface area contributed by atoms with Crippen LogP contribution in [0.2, 0.25) is 0 Å². The predicted octanol–water partition coefficient (Wildman–Crippen LogP) is 3.66. The van der Waals surface area contributed by atoms with Crippen LogP contribution in [-0.4, -0.2) is 5.11 Å². The third kappa shape index (κ3) is 1.21. The Kier molecular flexibility index (Phi) is 1.82. The summed E-state index contributed by atoms with van der Waals surface area (Å²) < 4.78 is 14.2. The van der Waals surface area contributed by atoms with E-state index in [1.807, 2.05) is 6.07 Å². The summed E-state index contributed by atoms with van der Waals surface area (Å²) in [6.07, 6.45) is 3.53. The van der Waals surface area contributed by atoms with Crippen LogP contribution in [0.25, 0.3) is 10.1 Å². The molecule has 0 radical (unpaired) electrons. The maximum absolute atomic E-state index is 13.1. The van der Waals surface area contributed by atoms with Crippen LogP contribution in [0, 0.1) is 17.7 Å². The minimum absolute atomic E-state index is 0.204. The molecule has 2 fully saturated rings. The first kappa shape index (κ1) is 10.0. The number of benzene rings is 1. The summed E-state index contributed by atoms with van der Waals surface area (Å²) in [6, 6.07) is 6.82. The number of hydrogen-bond donors (Lipinski definition) is 1. The molecule has 0 aliphatic heterocycles. The molecule has 1 heterocycles. The highest BCUT2D eigenvalue weighted by atomic mass is 32.1. The van der Waals surface area contributed by atoms with Crippen molar-refractivity contribution in [2.75, 3.05) is 0 Å². The Morgan fingerprint density at radius 1 is 1.24 bits per heavy atom. The molecule has 1 nitrogen and oxygen atoms in total. The van der Waals surface area contributed by atoms with Crippen molar-refractivity contribution in [3.05, 3.63) is 35.0 Å². The predicted molar refractivity (Wildman–Crippen MR) is 66.5 cm³/mol. The van der Waals surface area contributed by atoms with Gasteiger partial charge in [0.2, 0.25) is 0 Å². The van der Waals surface area contributed by atoms with Gasteiger partial charge >= 0.3 is 0 Å². The van der Waals surface area contributed by atoms with Gasteiger partial charge in [-0.25, -0.2) is 4.39 Å². The Labute approximate surface area is 103 Å². The largest absolute Gasteiger partial charge is 0.384 e. The molecule has 0 spiro atoms. The molecule has 2 aromatic rings. The Bertz CT molecular complexity index is 593. The van der Waals surface area contributed by atoms with Crippen LogP contribution in [0.1, 0.15) is 24.1 Å². The first-order chi connectivity index (χ1) is 8.19. The summed E-state index contributed by atoms with van der Waals surface area (Å²) in [4.78, 5) is 1.04. The molecule has 3 heteroatoms. The third-order valence-electron chi connectivity index (χ3n) is 4.41. The molecule has 0 saturated heterocycles. The number of thiophene rings is 1. The SMILES string of the molecule is OC1(c2cc3cc(F)ccc3s2)C2CCCC21. The Morgan fingerprint density at radius 2 is 2.00 bits per heavy atom. The monoisotopic (exact) mass is 248 g/mol. The van der Waals surface area contributed by atoms with Gasteiger partial charge in [-0.05, 0) is 54.3 Å². The highest BCUT2D eigenvalue weighted by Crippen LogP contribution is 2.67. The van der Waals surface area contributed by atoms with Crippen molar-refractivity contribution < 1.29 is 9.50 Å². The van der Waals surface area contributed by atoms with E-state index in [9.17, 15) is 9.50 Å². The van der Waals surface area contributed by atoms with Gasteiger partial charge < -0.3 is 5.11 Å². The summed E-state index contributed by atoms with van der Waals surface area (Å²) in [6.45, 7) is 0. The highest BCUT2D eigenvalue weighted by molar-refractivity contribution is 7.19. The lowest BCUT2D eigenvalue weighted by Crippen LogP contribution is -2.10. The first-order valence-electron chi connectivity index (χ1n) is 6.11. The molecule has 2 saturated carbocycles. The van der Waals surface area contributed by atoms with Crippen LogP contribution in [0.5, 0.6) is 0 Å². The molecule has 0 amide bonds. The second kappa shape index (κ2) is 3.09. The van der Waals surface area contributed by atoms with Crippen molar-refractivity contribution in [3.8, 4) is 0 Å². The molecular formula is C14H13FOS. The normalized spacial score (nSPS) is 35.2. The molecule has 2 atom stereocenters. The van der Waals surface area contributed by atoms with Gasteiger partial charge in [0, 0.05) is 9.58 Å². The average Bonchev–Trinajstić information content (AvgIpc) is 2.79. The van der Waals surface area contributed by atoms with Crippen LogP contribution in [0.4, 0.5) is 4.39 Å². The maximum Gasteiger partial charge on any atom is 0.123 e. The van der Waals surface area contributed by atoms with Crippen molar-refractivity contribution in [1.29, 1.82) is 0 Å². The van der Waals surface area contributed by atoms with E-state index in [0.717, 1.165) is 27.8 Å². The number of fused-ring (bicyclic) bond motifs is 2. The molecule has 1 N–H and O–H groups in total. The molecule has 1 aromatic heterocycles. The van der Waals surface area contributed by atoms with E-state index in [0.29, 0.717) is 11.8 Å². The highest BCUT2D eigenvalue weighted by Gasteiger charge is 2.66. The zero-order chi connectivity index (χ0) is 11.6. The molecule has 2 aliphatic rings. The van der Waals surface area contributed by atoms with Gasteiger partial charge in [0.15, 0.2) is 0 Å². The van der Waals surface area contributed by atoms with Gasteiger partial charge in [-0.2, -0.15) is 0 Å². The number of hydrogen-bond acceptors (Lipinski definition) is 2. The van der Waals surface area contributed by atoms with Crippen LogP contribution in [0.15, 0.2) is 24.3 Å². The molecule has 2 aliphatic carbocycles. The van der Waals surface area contributed by atoms with E-state index >= 15 is 0 Å². The van der Waals surface area contributed by atoms with E-state index in [1.54, 1.807) is 23.5 Å². The van der Waals surface area contributed by atoms with Crippen LogP contribution in [0.3, 0.4) is 0 Å². The first-order valence-corrected chi connectivity index (χ1v) is 6.93. The van der Waals surface area contributed by atoms with Crippen molar-refractivity contribution in [3.63, 3.8) is 0 Å². The summed E-state index contributed by atoms with van der Waals surface area (Å²) in [5.41, 5.74) is -0.585. The fraction of sp³-hybridized carbons (Fsp3) is 0.429. The van der Waals surface area contributed by atoms with Crippen molar-refractivity contribution in [2.24, 2.45) is 11.8 Å². The van der Waals surface area contributed by atoms with Crippen LogP contribution < -0.4 is 0 Å². The van der Waals surface area contributed by atoms with E-state index in [2.05, 4.69) is 0 Å². The second-order valence-electron chi connectivity index (χ2n) is 5.26. The molecule has 1 aromatic carbocycles. The quantitative estimate of drug-likeness (QED) is 0.816. The van der Waals surface area contributed by atoms with Gasteiger partial charge in [0.25, 0.3) is 0 Å². The summed E-state index contributed by atoms with van der Waals surface area (Å²) >= 11 is 1.62. The summed E-state index contributed by atoms with van der Waals surface area (Å²) in [5.74, 6) is 0.714. The molecule has 88 valence electrons. The van der Waals surface area contributed by atoms with Crippen molar-refractivity contribution in [2.45, 2.75) is 24.9 Å². The fourth-order valence-corrected chi connectivity index (χ4v) is 4.76. The van der Waals surface area contributed by atoms with Gasteiger partial charge in [-0.1, -0.05) is 6.42 Å². The van der Waals surface area contributed by atoms with E-state index in [4.69, 9.17) is 0 Å². The Hall–Kier alpha value is -0.930. The van der Waals surface area contributed by atoms with Gasteiger partial charge in [0.05, 0.1) is 0 Å². The third-order valence-corrected chi connectivity index (χ3v) is 5.67. The molecule has 2 unspecified atom stereocenters. The van der Waals surface area contributed by atoms with Crippen molar-refractivity contribution >= 4 is 21.4 Å². The smallest absolute Gasteiger partial charge is 0.123 e. The van der Waals surface area contributed by atoms with E-state index in [-0.39, 0.29) is 5.82 Å². The molecule has 0 bridgehead atoms. The summed E-state index contributed by atoms with van der Waals surface area (Å²) in [7, 11) is 0. The topological polar surface area (TPSA) is 20.2 Å². The standard InChI is InChI=1S/C14H13FOS/c15-9-4-5-12-8(6-9)7-13(17-12)14(16)10-2-1-3-11(10)14/h4-7,10-11,16H,1-3H2. The van der Waals surface area contributed by atoms with E-state index < -0.39 is 5.60 Å². The lowest BCUT2D eigenvalue weighted by Gasteiger charge is -2.11. The number of aliphatic hydroxyl groups is 1. The zero-order valence-electron chi connectivity index (χ0n) is 9.32. The van der Waals surface area contributed by atoms with Gasteiger partial charge in [0.1, 0.15) is 11.4 Å². The number of rotatable bonds is 1. The lowest BCUT2D eigenvalue weighted by atomic mass is 10.1. The second-order valence-corrected chi connectivity index (χ2v) is 6.35. The fourth-order valence-electron chi connectivity index (χ4n) is 3.50. The average molecular weight is 248 g/mol. The minimum atomic E-state index is -0.585. The number of halogens is 1. The van der Waals surface area contributed by atoms with E-state index in [1.165, 1.54) is 12.5 Å². The molecular weight excluding hydrogens is 235 g/mol. The molecule has 17 heavy (non-hydrogen) atoms. The van der Waals surface area contributed by atoms with Gasteiger partial charge in [-0.15, -0.1) is 11.3 Å². The van der Waals surface area contributed by atoms with Gasteiger partial charge in [-0.3, -0.25) is 0 Å².